The fourth-order valence-electron chi connectivity index (χ4n) is 1.45. The Morgan fingerprint density at radius 3 is 2.86 bits per heavy atom. The Hall–Kier alpha value is -0.260. The maximum Gasteiger partial charge on any atom is 0.0809 e. The van der Waals surface area contributed by atoms with Gasteiger partial charge in [-0.25, -0.2) is 0 Å². The van der Waals surface area contributed by atoms with Gasteiger partial charge in [-0.3, -0.25) is 0 Å². The van der Waals surface area contributed by atoms with E-state index in [9.17, 15) is 0 Å². The molecule has 0 aromatic carbocycles. The maximum atomic E-state index is 5.43. The summed E-state index contributed by atoms with van der Waals surface area (Å²) in [5.41, 5.74) is 1.33. The Kier molecular flexibility index (Phi) is 5.29. The molecule has 0 N–H and O–H groups in total. The average molecular weight is 271 g/mol. The van der Waals surface area contributed by atoms with Crippen LogP contribution in [0.4, 0.5) is 0 Å². The number of thiophene rings is 1. The van der Waals surface area contributed by atoms with E-state index in [0.717, 1.165) is 15.1 Å². The van der Waals surface area contributed by atoms with E-state index >= 15 is 0 Å². The van der Waals surface area contributed by atoms with Crippen molar-refractivity contribution in [2.75, 3.05) is 0 Å². The number of rotatable bonds is 5. The van der Waals surface area contributed by atoms with Crippen LogP contribution in [-0.2, 0) is 6.42 Å². The molecule has 0 aliphatic rings. The Bertz CT molecular complexity index is 320. The summed E-state index contributed by atoms with van der Waals surface area (Å²) in [6, 6.07) is 2.16. The van der Waals surface area contributed by atoms with Gasteiger partial charge in [-0.1, -0.05) is 32.1 Å². The van der Waals surface area contributed by atoms with Crippen LogP contribution in [0.15, 0.2) is 9.85 Å². The lowest BCUT2D eigenvalue weighted by atomic mass is 10.1. The molecule has 0 aliphatic carbocycles. The highest BCUT2D eigenvalue weighted by atomic mass is 79.9. The first-order chi connectivity index (χ1) is 6.77. The lowest BCUT2D eigenvalue weighted by Gasteiger charge is -1.98. The first-order valence-corrected chi connectivity index (χ1v) is 6.63. The van der Waals surface area contributed by atoms with E-state index in [2.05, 4.69) is 34.8 Å². The number of hydrogen-bond donors (Lipinski definition) is 0. The van der Waals surface area contributed by atoms with Gasteiger partial charge in [0, 0.05) is 0 Å². The summed E-state index contributed by atoms with van der Waals surface area (Å²) in [6.45, 7) is 2.23. The molecule has 0 saturated carbocycles. The predicted molar refractivity (Wildman–Crippen MR) is 67.8 cm³/mol. The molecule has 76 valence electrons. The van der Waals surface area contributed by atoms with Crippen LogP contribution in [0.25, 0.3) is 0 Å². The van der Waals surface area contributed by atoms with Crippen LogP contribution in [0, 0.1) is 12.3 Å². The van der Waals surface area contributed by atoms with Gasteiger partial charge in [0.1, 0.15) is 0 Å². The molecule has 0 unspecified atom stereocenters. The molecule has 1 heterocycles. The second-order valence-electron chi connectivity index (χ2n) is 3.36. The summed E-state index contributed by atoms with van der Waals surface area (Å²) in [5.74, 6) is 2.75. The fourth-order valence-corrected chi connectivity index (χ4v) is 2.95. The Balaban J connectivity index is 2.46. The number of hydrogen-bond acceptors (Lipinski definition) is 1. The van der Waals surface area contributed by atoms with Crippen molar-refractivity contribution in [1.29, 1.82) is 0 Å². The molecule has 2 heteroatoms. The van der Waals surface area contributed by atoms with Gasteiger partial charge in [-0.2, -0.15) is 0 Å². The van der Waals surface area contributed by atoms with E-state index in [-0.39, 0.29) is 0 Å². The number of halogens is 1. The lowest BCUT2D eigenvalue weighted by molar-refractivity contribution is 0.667. The van der Waals surface area contributed by atoms with Crippen LogP contribution in [0.5, 0.6) is 0 Å². The molecule has 1 aromatic rings. The van der Waals surface area contributed by atoms with Crippen LogP contribution in [0.3, 0.4) is 0 Å². The number of terminal acetylenes is 1. The van der Waals surface area contributed by atoms with Crippen LogP contribution < -0.4 is 0 Å². The van der Waals surface area contributed by atoms with E-state index in [1.807, 2.05) is 0 Å². The lowest BCUT2D eigenvalue weighted by Crippen LogP contribution is -1.85. The summed E-state index contributed by atoms with van der Waals surface area (Å²) < 4.78 is 1.15. The van der Waals surface area contributed by atoms with Crippen molar-refractivity contribution in [3.63, 3.8) is 0 Å². The molecule has 14 heavy (non-hydrogen) atoms. The van der Waals surface area contributed by atoms with Gasteiger partial charge in [0.15, 0.2) is 0 Å². The summed E-state index contributed by atoms with van der Waals surface area (Å²) in [4.78, 5) is 1.09. The smallest absolute Gasteiger partial charge is 0.0809 e. The molecule has 1 aromatic heterocycles. The summed E-state index contributed by atoms with van der Waals surface area (Å²) in [6.07, 6.45) is 11.7. The largest absolute Gasteiger partial charge is 0.119 e. The number of aryl methyl sites for hydroxylation is 1. The van der Waals surface area contributed by atoms with Crippen molar-refractivity contribution >= 4 is 27.3 Å². The zero-order valence-electron chi connectivity index (χ0n) is 8.48. The molecule has 0 amide bonds. The zero-order chi connectivity index (χ0) is 10.4. The highest BCUT2D eigenvalue weighted by molar-refractivity contribution is 9.11. The van der Waals surface area contributed by atoms with Gasteiger partial charge >= 0.3 is 0 Å². The minimum Gasteiger partial charge on any atom is -0.119 e. The number of unbranched alkanes of at least 4 members (excludes halogenated alkanes) is 3. The van der Waals surface area contributed by atoms with Crippen molar-refractivity contribution in [3.05, 3.63) is 20.3 Å². The third-order valence-corrected chi connectivity index (χ3v) is 3.82. The van der Waals surface area contributed by atoms with Crippen molar-refractivity contribution in [1.82, 2.24) is 0 Å². The van der Waals surface area contributed by atoms with Gasteiger partial charge in [-0.15, -0.1) is 17.8 Å². The van der Waals surface area contributed by atoms with Gasteiger partial charge in [0.25, 0.3) is 0 Å². The Morgan fingerprint density at radius 1 is 1.43 bits per heavy atom. The molecule has 0 fully saturated rings. The van der Waals surface area contributed by atoms with Gasteiger partial charge in [0.2, 0.25) is 0 Å². The Labute approximate surface area is 98.9 Å². The second kappa shape index (κ2) is 6.27. The minimum atomic E-state index is 1.09. The van der Waals surface area contributed by atoms with Crippen LogP contribution in [0.1, 0.15) is 43.0 Å². The predicted octanol–water partition coefficient (Wildman–Crippen LogP) is 4.61. The molecular formula is C12H15BrS. The van der Waals surface area contributed by atoms with E-state index in [4.69, 9.17) is 6.42 Å². The molecule has 0 saturated heterocycles. The fraction of sp³-hybridized carbons (Fsp3) is 0.500. The second-order valence-corrected chi connectivity index (χ2v) is 5.79. The van der Waals surface area contributed by atoms with Crippen molar-refractivity contribution in [2.24, 2.45) is 0 Å². The monoisotopic (exact) mass is 270 g/mol. The van der Waals surface area contributed by atoms with E-state index in [0.29, 0.717) is 0 Å². The molecule has 0 aliphatic heterocycles. The van der Waals surface area contributed by atoms with Gasteiger partial charge in [-0.05, 0) is 40.4 Å². The molecule has 0 atom stereocenters. The topological polar surface area (TPSA) is 0 Å². The van der Waals surface area contributed by atoms with Crippen LogP contribution in [-0.4, -0.2) is 0 Å². The van der Waals surface area contributed by atoms with Crippen LogP contribution in [0.2, 0.25) is 0 Å². The standard InChI is InChI=1S/C12H15BrS/c1-3-5-6-7-8-10-9-12(13)14-11(10)4-2/h2,9H,3,5-8H2,1H3. The van der Waals surface area contributed by atoms with E-state index < -0.39 is 0 Å². The first-order valence-electron chi connectivity index (χ1n) is 5.02. The molecule has 0 nitrogen and oxygen atoms in total. The summed E-state index contributed by atoms with van der Waals surface area (Å²) >= 11 is 5.13. The first kappa shape index (κ1) is 11.8. The molecule has 0 bridgehead atoms. The normalized spacial score (nSPS) is 10.1. The van der Waals surface area contributed by atoms with E-state index in [1.54, 1.807) is 11.3 Å². The van der Waals surface area contributed by atoms with Gasteiger partial charge < -0.3 is 0 Å². The molecule has 0 radical (unpaired) electrons. The third-order valence-electron chi connectivity index (χ3n) is 2.21. The SMILES string of the molecule is C#Cc1sc(Br)cc1CCCCCC. The zero-order valence-corrected chi connectivity index (χ0v) is 10.9. The van der Waals surface area contributed by atoms with Crippen molar-refractivity contribution < 1.29 is 0 Å². The van der Waals surface area contributed by atoms with E-state index in [1.165, 1.54) is 31.2 Å². The minimum absolute atomic E-state index is 1.09. The van der Waals surface area contributed by atoms with Crippen molar-refractivity contribution in [3.8, 4) is 12.3 Å². The maximum absolute atomic E-state index is 5.43. The highest BCUT2D eigenvalue weighted by Gasteiger charge is 2.04. The average Bonchev–Trinajstić information content (AvgIpc) is 2.54. The van der Waals surface area contributed by atoms with Crippen molar-refractivity contribution in [2.45, 2.75) is 39.0 Å². The molecule has 0 spiro atoms. The quantitative estimate of drug-likeness (QED) is 0.541. The summed E-state index contributed by atoms with van der Waals surface area (Å²) in [5, 5.41) is 0. The summed E-state index contributed by atoms with van der Waals surface area (Å²) in [7, 11) is 0. The molecule has 1 rings (SSSR count). The van der Waals surface area contributed by atoms with Gasteiger partial charge in [0.05, 0.1) is 8.66 Å². The Morgan fingerprint density at radius 2 is 2.21 bits per heavy atom. The molecular weight excluding hydrogens is 256 g/mol. The van der Waals surface area contributed by atoms with Crippen LogP contribution >= 0.6 is 27.3 Å². The third kappa shape index (κ3) is 3.48. The highest BCUT2D eigenvalue weighted by Crippen LogP contribution is 2.27.